The van der Waals surface area contributed by atoms with Crippen LogP contribution in [0.1, 0.15) is 68.6 Å². The summed E-state index contributed by atoms with van der Waals surface area (Å²) in [6, 6.07) is 17.9. The molecule has 2 heterocycles. The standard InChI is InChI=1S/C28H25ClN6O3/c1-17-3-5-19(6-4-17)26(36)25-22(16-30)27(35(33-25)21-11-9-20(29)10-12-21)31-13-2-14-32-28(37)23-15-24(38-34-23)18-7-8-18/h3-6,9-12,15,18,31H,2,7-8,13-14H2,1H3,(H,32,37). The second-order valence-electron chi connectivity index (χ2n) is 9.19. The van der Waals surface area contributed by atoms with Crippen LogP contribution in [-0.2, 0) is 0 Å². The summed E-state index contributed by atoms with van der Waals surface area (Å²) >= 11 is 6.06. The van der Waals surface area contributed by atoms with E-state index in [1.165, 1.54) is 4.68 Å². The number of aromatic nitrogens is 3. The highest BCUT2D eigenvalue weighted by atomic mass is 35.5. The van der Waals surface area contributed by atoms with Crippen molar-refractivity contribution in [1.29, 1.82) is 5.26 Å². The van der Waals surface area contributed by atoms with Gasteiger partial charge in [-0.25, -0.2) is 4.68 Å². The number of nitrogens with zero attached hydrogens (tertiary/aromatic N) is 4. The largest absolute Gasteiger partial charge is 0.369 e. The van der Waals surface area contributed by atoms with E-state index >= 15 is 0 Å². The second kappa shape index (κ2) is 10.9. The molecule has 0 bridgehead atoms. The zero-order chi connectivity index (χ0) is 26.6. The topological polar surface area (TPSA) is 126 Å². The number of amides is 1. The predicted molar refractivity (Wildman–Crippen MR) is 142 cm³/mol. The number of carbonyl (C=O) groups excluding carboxylic acids is 2. The van der Waals surface area contributed by atoms with Gasteiger partial charge < -0.3 is 15.2 Å². The van der Waals surface area contributed by atoms with Gasteiger partial charge in [-0.3, -0.25) is 9.59 Å². The molecule has 2 N–H and O–H groups in total. The number of nitrogens with one attached hydrogen (secondary N) is 2. The first-order valence-corrected chi connectivity index (χ1v) is 12.7. The summed E-state index contributed by atoms with van der Waals surface area (Å²) < 4.78 is 6.77. The van der Waals surface area contributed by atoms with E-state index in [0.29, 0.717) is 47.5 Å². The van der Waals surface area contributed by atoms with Gasteiger partial charge in [0.1, 0.15) is 23.2 Å². The number of nitriles is 1. The molecule has 1 aliphatic carbocycles. The van der Waals surface area contributed by atoms with Crippen molar-refractivity contribution in [3.05, 3.63) is 93.5 Å². The van der Waals surface area contributed by atoms with Gasteiger partial charge in [-0.1, -0.05) is 46.6 Å². The number of hydrogen-bond donors (Lipinski definition) is 2. The van der Waals surface area contributed by atoms with Crippen molar-refractivity contribution in [3.63, 3.8) is 0 Å². The van der Waals surface area contributed by atoms with E-state index in [4.69, 9.17) is 16.1 Å². The van der Waals surface area contributed by atoms with Crippen LogP contribution in [0.25, 0.3) is 5.69 Å². The molecule has 1 aliphatic rings. The average Bonchev–Trinajstić information content (AvgIpc) is 3.53. The molecule has 0 radical (unpaired) electrons. The SMILES string of the molecule is Cc1ccc(C(=O)c2nn(-c3ccc(Cl)cc3)c(NCCCNC(=O)c3cc(C4CC4)on3)c2C#N)cc1. The minimum absolute atomic E-state index is 0.0552. The monoisotopic (exact) mass is 528 g/mol. The van der Waals surface area contributed by atoms with Crippen LogP contribution in [0.4, 0.5) is 5.82 Å². The molecule has 1 saturated carbocycles. The van der Waals surface area contributed by atoms with E-state index < -0.39 is 0 Å². The van der Waals surface area contributed by atoms with E-state index in [-0.39, 0.29) is 28.6 Å². The number of benzene rings is 2. The highest BCUT2D eigenvalue weighted by Crippen LogP contribution is 2.40. The molecule has 9 nitrogen and oxygen atoms in total. The first kappa shape index (κ1) is 25.2. The Morgan fingerprint density at radius 2 is 1.87 bits per heavy atom. The van der Waals surface area contributed by atoms with Crippen LogP contribution in [0.15, 0.2) is 59.1 Å². The van der Waals surface area contributed by atoms with Crippen molar-refractivity contribution in [1.82, 2.24) is 20.3 Å². The molecule has 4 aromatic rings. The lowest BCUT2D eigenvalue weighted by atomic mass is 10.0. The molecule has 2 aromatic carbocycles. The Bertz CT molecular complexity index is 1510. The number of carbonyl (C=O) groups is 2. The summed E-state index contributed by atoms with van der Waals surface area (Å²) in [4.78, 5) is 25.7. The lowest BCUT2D eigenvalue weighted by molar-refractivity contribution is 0.0943. The van der Waals surface area contributed by atoms with Gasteiger partial charge in [0.05, 0.1) is 5.69 Å². The van der Waals surface area contributed by atoms with Gasteiger partial charge in [0.15, 0.2) is 11.4 Å². The molecule has 1 amide bonds. The van der Waals surface area contributed by atoms with E-state index in [0.717, 1.165) is 24.2 Å². The predicted octanol–water partition coefficient (Wildman–Crippen LogP) is 5.03. The minimum atomic E-state index is -0.345. The van der Waals surface area contributed by atoms with Crippen LogP contribution in [0.3, 0.4) is 0 Å². The lowest BCUT2D eigenvalue weighted by Crippen LogP contribution is -2.26. The molecule has 5 rings (SSSR count). The number of aryl methyl sites for hydroxylation is 1. The van der Waals surface area contributed by atoms with Gasteiger partial charge in [0, 0.05) is 35.7 Å². The second-order valence-corrected chi connectivity index (χ2v) is 9.63. The molecule has 0 atom stereocenters. The molecule has 10 heteroatoms. The molecule has 0 spiro atoms. The molecule has 0 saturated heterocycles. The van der Waals surface area contributed by atoms with Gasteiger partial charge in [-0.15, -0.1) is 0 Å². The zero-order valence-electron chi connectivity index (χ0n) is 20.7. The third-order valence-corrected chi connectivity index (χ3v) is 6.52. The van der Waals surface area contributed by atoms with Crippen molar-refractivity contribution in [2.75, 3.05) is 18.4 Å². The van der Waals surface area contributed by atoms with Crippen molar-refractivity contribution in [2.45, 2.75) is 32.1 Å². The third kappa shape index (κ3) is 5.45. The van der Waals surface area contributed by atoms with Gasteiger partial charge in [0.25, 0.3) is 5.91 Å². The van der Waals surface area contributed by atoms with Gasteiger partial charge in [-0.2, -0.15) is 10.4 Å². The molecule has 2 aromatic heterocycles. The number of rotatable bonds is 10. The Labute approximate surface area is 224 Å². The molecule has 38 heavy (non-hydrogen) atoms. The van der Waals surface area contributed by atoms with Crippen molar-refractivity contribution in [2.24, 2.45) is 0 Å². The Morgan fingerprint density at radius 3 is 2.55 bits per heavy atom. The van der Waals surface area contributed by atoms with Crippen LogP contribution in [0.5, 0.6) is 0 Å². The van der Waals surface area contributed by atoms with Gasteiger partial charge in [0.2, 0.25) is 5.78 Å². The van der Waals surface area contributed by atoms with Gasteiger partial charge in [-0.05, 0) is 50.5 Å². The van der Waals surface area contributed by atoms with E-state index in [1.54, 1.807) is 42.5 Å². The van der Waals surface area contributed by atoms with Crippen molar-refractivity contribution >= 4 is 29.1 Å². The Morgan fingerprint density at radius 1 is 1.13 bits per heavy atom. The maximum absolute atomic E-state index is 13.3. The highest BCUT2D eigenvalue weighted by molar-refractivity contribution is 6.30. The van der Waals surface area contributed by atoms with Crippen LogP contribution < -0.4 is 10.6 Å². The zero-order valence-corrected chi connectivity index (χ0v) is 21.5. The molecule has 0 unspecified atom stereocenters. The maximum atomic E-state index is 13.3. The molecule has 1 fully saturated rings. The number of hydrogen-bond acceptors (Lipinski definition) is 7. The molecular weight excluding hydrogens is 504 g/mol. The summed E-state index contributed by atoms with van der Waals surface area (Å²) in [5.74, 6) is 0.892. The molecular formula is C28H25ClN6O3. The van der Waals surface area contributed by atoms with Crippen LogP contribution in [0.2, 0.25) is 5.02 Å². The van der Waals surface area contributed by atoms with E-state index in [1.807, 2.05) is 19.1 Å². The van der Waals surface area contributed by atoms with E-state index in [2.05, 4.69) is 27.0 Å². The maximum Gasteiger partial charge on any atom is 0.273 e. The normalized spacial score (nSPS) is 12.7. The van der Waals surface area contributed by atoms with E-state index in [9.17, 15) is 14.9 Å². The number of ketones is 1. The number of halogens is 1. The Kier molecular flexibility index (Phi) is 7.24. The summed E-state index contributed by atoms with van der Waals surface area (Å²) in [6.45, 7) is 2.73. The molecule has 0 aliphatic heterocycles. The smallest absolute Gasteiger partial charge is 0.273 e. The quantitative estimate of drug-likeness (QED) is 0.218. The molecule has 192 valence electrons. The highest BCUT2D eigenvalue weighted by Gasteiger charge is 2.29. The minimum Gasteiger partial charge on any atom is -0.369 e. The summed E-state index contributed by atoms with van der Waals surface area (Å²) in [6.07, 6.45) is 2.69. The Hall–Kier alpha value is -4.42. The first-order chi connectivity index (χ1) is 18.4. The van der Waals surface area contributed by atoms with Crippen LogP contribution in [0, 0.1) is 18.3 Å². The van der Waals surface area contributed by atoms with Crippen molar-refractivity contribution < 1.29 is 14.1 Å². The van der Waals surface area contributed by atoms with Gasteiger partial charge >= 0.3 is 0 Å². The Balaban J connectivity index is 1.31. The average molecular weight is 529 g/mol. The fraction of sp³-hybridized carbons (Fsp3) is 0.250. The summed E-state index contributed by atoms with van der Waals surface area (Å²) in [7, 11) is 0. The summed E-state index contributed by atoms with van der Waals surface area (Å²) in [5, 5.41) is 25.0. The lowest BCUT2D eigenvalue weighted by Gasteiger charge is -2.10. The fourth-order valence-corrected chi connectivity index (χ4v) is 4.13. The number of anilines is 1. The van der Waals surface area contributed by atoms with Crippen LogP contribution >= 0.6 is 11.6 Å². The third-order valence-electron chi connectivity index (χ3n) is 6.27. The van der Waals surface area contributed by atoms with Crippen LogP contribution in [-0.4, -0.2) is 39.7 Å². The first-order valence-electron chi connectivity index (χ1n) is 12.3. The van der Waals surface area contributed by atoms with Crippen molar-refractivity contribution in [3.8, 4) is 11.8 Å². The summed E-state index contributed by atoms with van der Waals surface area (Å²) in [5.41, 5.74) is 2.58. The fourth-order valence-electron chi connectivity index (χ4n) is 4.00.